The molecule has 0 aliphatic carbocycles. The van der Waals surface area contributed by atoms with E-state index in [2.05, 4.69) is 0 Å². The molecule has 0 unspecified atom stereocenters. The van der Waals surface area contributed by atoms with Crippen molar-refractivity contribution in [2.75, 3.05) is 0 Å². The number of carbonyl (C=O) groups is 4. The van der Waals surface area contributed by atoms with Crippen molar-refractivity contribution in [2.45, 2.75) is 0 Å². The van der Waals surface area contributed by atoms with Crippen LogP contribution >= 0.6 is 0 Å². The molecule has 4 N–H and O–H groups in total. The van der Waals surface area contributed by atoms with Crippen LogP contribution < -0.4 is 0 Å². The number of fused-ring (bicyclic) bond motifs is 1. The minimum absolute atomic E-state index is 0.0186. The molecular formula is C20H14O8. The Morgan fingerprint density at radius 1 is 0.464 bits per heavy atom. The van der Waals surface area contributed by atoms with Crippen LogP contribution in [-0.4, -0.2) is 44.3 Å². The van der Waals surface area contributed by atoms with Crippen molar-refractivity contribution in [1.82, 2.24) is 0 Å². The van der Waals surface area contributed by atoms with Gasteiger partial charge in [-0.15, -0.1) is 0 Å². The summed E-state index contributed by atoms with van der Waals surface area (Å²) in [5.41, 5.74) is 0.343. The second-order valence-corrected chi connectivity index (χ2v) is 5.58. The molecule has 0 spiro atoms. The molecule has 0 radical (unpaired) electrons. The third kappa shape index (κ3) is 4.92. The number of aromatic carboxylic acids is 4. The zero-order chi connectivity index (χ0) is 20.8. The highest BCUT2D eigenvalue weighted by Crippen LogP contribution is 2.18. The maximum absolute atomic E-state index is 10.7. The molecule has 8 nitrogen and oxygen atoms in total. The fourth-order valence-corrected chi connectivity index (χ4v) is 2.30. The van der Waals surface area contributed by atoms with Crippen molar-refractivity contribution < 1.29 is 39.6 Å². The van der Waals surface area contributed by atoms with Gasteiger partial charge in [0.25, 0.3) is 0 Å². The smallest absolute Gasteiger partial charge is 0.335 e. The Kier molecular flexibility index (Phi) is 6.07. The van der Waals surface area contributed by atoms with E-state index in [0.717, 1.165) is 6.07 Å². The highest BCUT2D eigenvalue weighted by Gasteiger charge is 2.07. The van der Waals surface area contributed by atoms with Crippen molar-refractivity contribution in [2.24, 2.45) is 0 Å². The summed E-state index contributed by atoms with van der Waals surface area (Å²) < 4.78 is 0. The van der Waals surface area contributed by atoms with Gasteiger partial charge in [-0.2, -0.15) is 0 Å². The summed E-state index contributed by atoms with van der Waals surface area (Å²) in [6.07, 6.45) is 0. The molecule has 0 heterocycles. The number of carboxylic acid groups (broad SMARTS) is 4. The van der Waals surface area contributed by atoms with Gasteiger partial charge < -0.3 is 20.4 Å². The Labute approximate surface area is 157 Å². The molecule has 3 aromatic carbocycles. The van der Waals surface area contributed by atoms with Gasteiger partial charge in [0.2, 0.25) is 0 Å². The fraction of sp³-hybridized carbons (Fsp3) is 0. The summed E-state index contributed by atoms with van der Waals surface area (Å²) in [7, 11) is 0. The molecular weight excluding hydrogens is 368 g/mol. The first-order valence-corrected chi connectivity index (χ1v) is 7.76. The van der Waals surface area contributed by atoms with Gasteiger partial charge in [-0.25, -0.2) is 19.2 Å². The molecule has 0 aliphatic rings. The lowest BCUT2D eigenvalue weighted by Crippen LogP contribution is -2.01. The topological polar surface area (TPSA) is 149 Å². The highest BCUT2D eigenvalue weighted by molar-refractivity contribution is 5.98. The van der Waals surface area contributed by atoms with Crippen LogP contribution in [0.2, 0.25) is 0 Å². The predicted octanol–water partition coefficient (Wildman–Crippen LogP) is 3.32. The first kappa shape index (κ1) is 20.1. The Balaban J connectivity index is 0.000000209. The molecule has 0 atom stereocenters. The van der Waals surface area contributed by atoms with Crippen LogP contribution in [0, 0.1) is 0 Å². The first-order valence-electron chi connectivity index (χ1n) is 7.76. The number of rotatable bonds is 4. The van der Waals surface area contributed by atoms with Gasteiger partial charge in [0.05, 0.1) is 22.3 Å². The number of benzene rings is 3. The van der Waals surface area contributed by atoms with Crippen LogP contribution in [-0.2, 0) is 0 Å². The van der Waals surface area contributed by atoms with E-state index < -0.39 is 23.9 Å². The average molecular weight is 382 g/mol. The first-order chi connectivity index (χ1) is 13.2. The highest BCUT2D eigenvalue weighted by atomic mass is 16.4. The summed E-state index contributed by atoms with van der Waals surface area (Å²) in [5.74, 6) is -4.25. The number of hydrogen-bond donors (Lipinski definition) is 4. The Hall–Kier alpha value is -4.20. The van der Waals surface area contributed by atoms with Crippen molar-refractivity contribution >= 4 is 34.6 Å². The van der Waals surface area contributed by atoms with Crippen molar-refractivity contribution in [3.63, 3.8) is 0 Å². The van der Waals surface area contributed by atoms with Crippen LogP contribution in [0.1, 0.15) is 41.4 Å². The average Bonchev–Trinajstić information content (AvgIpc) is 2.67. The molecule has 28 heavy (non-hydrogen) atoms. The molecule has 3 aromatic rings. The van der Waals surface area contributed by atoms with Gasteiger partial charge in [-0.05, 0) is 53.2 Å². The van der Waals surface area contributed by atoms with Crippen molar-refractivity contribution in [1.29, 1.82) is 0 Å². The minimum Gasteiger partial charge on any atom is -0.478 e. The summed E-state index contributed by atoms with van der Waals surface area (Å²) in [4.78, 5) is 42.2. The van der Waals surface area contributed by atoms with Crippen LogP contribution in [0.15, 0.2) is 60.7 Å². The van der Waals surface area contributed by atoms with E-state index in [1.165, 1.54) is 42.5 Å². The second-order valence-electron chi connectivity index (χ2n) is 5.58. The van der Waals surface area contributed by atoms with E-state index in [1.54, 1.807) is 12.1 Å². The Morgan fingerprint density at radius 3 is 1.11 bits per heavy atom. The molecule has 0 fully saturated rings. The van der Waals surface area contributed by atoms with E-state index >= 15 is 0 Å². The van der Waals surface area contributed by atoms with Gasteiger partial charge in [0.15, 0.2) is 0 Å². The molecule has 8 heteroatoms. The molecule has 0 bridgehead atoms. The third-order valence-corrected chi connectivity index (χ3v) is 3.69. The lowest BCUT2D eigenvalue weighted by molar-refractivity contribution is 0.0681. The number of carboxylic acids is 4. The summed E-state index contributed by atoms with van der Waals surface area (Å²) in [6, 6.07) is 14.3. The standard InChI is InChI=1S/C12H8O4.C8H6O4/c13-11(14)9-3-1-7-5-10(12(15)16)4-2-8(7)6-9;9-7(10)5-2-1-3-6(4-5)8(11)12/h1-6H,(H,13,14)(H,15,16);1-4H,(H,9,10)(H,11,12). The molecule has 142 valence electrons. The minimum atomic E-state index is -1.13. The van der Waals surface area contributed by atoms with Gasteiger partial charge in [0, 0.05) is 0 Å². The predicted molar refractivity (Wildman–Crippen MR) is 98.2 cm³/mol. The molecule has 0 saturated heterocycles. The molecule has 0 aliphatic heterocycles. The maximum Gasteiger partial charge on any atom is 0.335 e. The van der Waals surface area contributed by atoms with E-state index in [1.807, 2.05) is 0 Å². The van der Waals surface area contributed by atoms with Crippen molar-refractivity contribution in [3.8, 4) is 0 Å². The van der Waals surface area contributed by atoms with Crippen LogP contribution in [0.25, 0.3) is 10.8 Å². The molecule has 0 saturated carbocycles. The molecule has 3 rings (SSSR count). The zero-order valence-corrected chi connectivity index (χ0v) is 14.2. The molecule has 0 amide bonds. The van der Waals surface area contributed by atoms with Crippen molar-refractivity contribution in [3.05, 3.63) is 82.9 Å². The van der Waals surface area contributed by atoms with Crippen LogP contribution in [0.3, 0.4) is 0 Å². The normalized spacial score (nSPS) is 9.86. The van der Waals surface area contributed by atoms with Crippen LogP contribution in [0.4, 0.5) is 0 Å². The Morgan fingerprint density at radius 2 is 0.786 bits per heavy atom. The van der Waals surface area contributed by atoms with Gasteiger partial charge in [0.1, 0.15) is 0 Å². The third-order valence-electron chi connectivity index (χ3n) is 3.69. The fourth-order valence-electron chi connectivity index (χ4n) is 2.30. The van der Waals surface area contributed by atoms with Gasteiger partial charge >= 0.3 is 23.9 Å². The maximum atomic E-state index is 10.7. The van der Waals surface area contributed by atoms with Crippen LogP contribution in [0.5, 0.6) is 0 Å². The lowest BCUT2D eigenvalue weighted by Gasteiger charge is -2.01. The van der Waals surface area contributed by atoms with E-state index in [9.17, 15) is 19.2 Å². The summed E-state index contributed by atoms with van der Waals surface area (Å²) >= 11 is 0. The zero-order valence-electron chi connectivity index (χ0n) is 14.2. The summed E-state index contributed by atoms with van der Waals surface area (Å²) in [6.45, 7) is 0. The van der Waals surface area contributed by atoms with E-state index in [-0.39, 0.29) is 22.3 Å². The molecule has 0 aromatic heterocycles. The largest absolute Gasteiger partial charge is 0.478 e. The van der Waals surface area contributed by atoms with E-state index in [0.29, 0.717) is 10.8 Å². The SMILES string of the molecule is O=C(O)c1ccc2cc(C(=O)O)ccc2c1.O=C(O)c1cccc(C(=O)O)c1. The number of hydrogen-bond acceptors (Lipinski definition) is 4. The summed E-state index contributed by atoms with van der Waals surface area (Å²) in [5, 5.41) is 36.0. The van der Waals surface area contributed by atoms with Gasteiger partial charge in [-0.3, -0.25) is 0 Å². The second kappa shape index (κ2) is 8.45. The monoisotopic (exact) mass is 382 g/mol. The quantitative estimate of drug-likeness (QED) is 0.537. The lowest BCUT2D eigenvalue weighted by atomic mass is 10.0. The van der Waals surface area contributed by atoms with Gasteiger partial charge in [-0.1, -0.05) is 18.2 Å². The van der Waals surface area contributed by atoms with E-state index in [4.69, 9.17) is 20.4 Å². The Bertz CT molecular complexity index is 1000.